The Morgan fingerprint density at radius 3 is 2.57 bits per heavy atom. The molecular weight excluding hydrogens is 378 g/mol. The lowest BCUT2D eigenvalue weighted by Crippen LogP contribution is -2.09. The topological polar surface area (TPSA) is 39.4 Å². The molecule has 0 fully saturated rings. The largest absolute Gasteiger partial charge is 0.435 e. The van der Waals surface area contributed by atoms with E-state index in [1.165, 1.54) is 7.05 Å². The number of oxime groups is 1. The van der Waals surface area contributed by atoms with Crippen molar-refractivity contribution in [3.05, 3.63) is 50.2 Å². The zero-order chi connectivity index (χ0) is 17.2. The first kappa shape index (κ1) is 17.9. The summed E-state index contributed by atoms with van der Waals surface area (Å²) in [7, 11) is 1.30. The summed E-state index contributed by atoms with van der Waals surface area (Å²) >= 11 is 17.4. The molecule has 0 bridgehead atoms. The first-order valence-electron chi connectivity index (χ1n) is 6.09. The molecule has 23 heavy (non-hydrogen) atoms. The quantitative estimate of drug-likeness (QED) is 0.551. The van der Waals surface area contributed by atoms with Crippen molar-refractivity contribution in [2.24, 2.45) is 12.2 Å². The van der Waals surface area contributed by atoms with Gasteiger partial charge in [0.15, 0.2) is 5.69 Å². The van der Waals surface area contributed by atoms with Crippen molar-refractivity contribution in [1.29, 1.82) is 0 Å². The second kappa shape index (κ2) is 6.98. The molecule has 2 rings (SSSR count). The van der Waals surface area contributed by atoms with Gasteiger partial charge in [-0.3, -0.25) is 4.68 Å². The maximum atomic E-state index is 12.8. The normalized spacial score (nSPS) is 12.1. The predicted octanol–water partition coefficient (Wildman–Crippen LogP) is 4.95. The van der Waals surface area contributed by atoms with Crippen LogP contribution in [0.5, 0.6) is 0 Å². The Morgan fingerprint density at radius 2 is 1.96 bits per heavy atom. The maximum Gasteiger partial charge on any atom is 0.435 e. The summed E-state index contributed by atoms with van der Waals surface area (Å²) in [6, 6.07) is 4.80. The zero-order valence-corrected chi connectivity index (χ0v) is 13.8. The molecule has 0 aliphatic heterocycles. The van der Waals surface area contributed by atoms with E-state index in [9.17, 15) is 13.2 Å². The standard InChI is InChI=1S/C13H9Cl3F3N3O/c1-22-12(16)8(11(21-22)13(17,18)19)5-20-23-6-7-2-3-9(14)10(15)4-7/h2-5H,6H2,1H3/b20-5+. The van der Waals surface area contributed by atoms with E-state index in [4.69, 9.17) is 39.6 Å². The molecule has 0 unspecified atom stereocenters. The molecule has 124 valence electrons. The zero-order valence-electron chi connectivity index (χ0n) is 11.5. The van der Waals surface area contributed by atoms with E-state index in [1.807, 2.05) is 0 Å². The molecule has 0 spiro atoms. The fourth-order valence-corrected chi connectivity index (χ4v) is 2.17. The van der Waals surface area contributed by atoms with E-state index in [1.54, 1.807) is 18.2 Å². The average molecular weight is 387 g/mol. The van der Waals surface area contributed by atoms with Gasteiger partial charge < -0.3 is 4.84 Å². The summed E-state index contributed by atoms with van der Waals surface area (Å²) in [6.45, 7) is 0.00657. The van der Waals surface area contributed by atoms with Crippen molar-refractivity contribution in [2.45, 2.75) is 12.8 Å². The highest BCUT2D eigenvalue weighted by Crippen LogP contribution is 2.33. The smallest absolute Gasteiger partial charge is 0.391 e. The van der Waals surface area contributed by atoms with Gasteiger partial charge in [0, 0.05) is 7.05 Å². The lowest BCUT2D eigenvalue weighted by atomic mass is 10.2. The summed E-state index contributed by atoms with van der Waals surface area (Å²) in [5.74, 6) is 0. The van der Waals surface area contributed by atoms with E-state index in [0.717, 1.165) is 10.9 Å². The number of aromatic nitrogens is 2. The average Bonchev–Trinajstić information content (AvgIpc) is 2.75. The van der Waals surface area contributed by atoms with Gasteiger partial charge in [0.1, 0.15) is 11.8 Å². The van der Waals surface area contributed by atoms with Crippen molar-refractivity contribution in [3.63, 3.8) is 0 Å². The Bertz CT molecular complexity index is 744. The van der Waals surface area contributed by atoms with Gasteiger partial charge in [-0.2, -0.15) is 18.3 Å². The van der Waals surface area contributed by atoms with Crippen LogP contribution in [0.15, 0.2) is 23.4 Å². The minimum absolute atomic E-state index is 0.00657. The van der Waals surface area contributed by atoms with Crippen LogP contribution in [0.1, 0.15) is 16.8 Å². The number of hydrogen-bond acceptors (Lipinski definition) is 3. The second-order valence-electron chi connectivity index (χ2n) is 4.43. The van der Waals surface area contributed by atoms with Gasteiger partial charge in [-0.25, -0.2) is 0 Å². The van der Waals surface area contributed by atoms with Crippen molar-refractivity contribution >= 4 is 41.0 Å². The molecule has 0 N–H and O–H groups in total. The third-order valence-corrected chi connectivity index (χ3v) is 3.94. The highest BCUT2D eigenvalue weighted by atomic mass is 35.5. The lowest BCUT2D eigenvalue weighted by Gasteiger charge is -2.03. The van der Waals surface area contributed by atoms with E-state index in [-0.39, 0.29) is 17.3 Å². The van der Waals surface area contributed by atoms with Crippen LogP contribution in [0.2, 0.25) is 15.2 Å². The molecule has 0 aliphatic rings. The van der Waals surface area contributed by atoms with Crippen molar-refractivity contribution in [2.75, 3.05) is 0 Å². The van der Waals surface area contributed by atoms with E-state index in [2.05, 4.69) is 10.3 Å². The molecule has 2 aromatic rings. The van der Waals surface area contributed by atoms with Crippen molar-refractivity contribution in [3.8, 4) is 0 Å². The summed E-state index contributed by atoms with van der Waals surface area (Å²) in [4.78, 5) is 4.96. The molecule has 1 heterocycles. The number of hydrogen-bond donors (Lipinski definition) is 0. The van der Waals surface area contributed by atoms with E-state index < -0.39 is 11.9 Å². The van der Waals surface area contributed by atoms with Crippen molar-refractivity contribution < 1.29 is 18.0 Å². The Kier molecular flexibility index (Phi) is 5.44. The maximum absolute atomic E-state index is 12.8. The first-order valence-corrected chi connectivity index (χ1v) is 7.22. The van der Waals surface area contributed by atoms with Crippen LogP contribution >= 0.6 is 34.8 Å². The van der Waals surface area contributed by atoms with Gasteiger partial charge in [0.05, 0.1) is 21.8 Å². The molecular formula is C13H9Cl3F3N3O. The summed E-state index contributed by atoms with van der Waals surface area (Å²) in [5, 5.41) is 7.35. The molecule has 0 radical (unpaired) electrons. The van der Waals surface area contributed by atoms with Crippen LogP contribution in [-0.4, -0.2) is 16.0 Å². The number of rotatable bonds is 4. The van der Waals surface area contributed by atoms with Crippen LogP contribution in [0.4, 0.5) is 13.2 Å². The molecule has 1 aromatic carbocycles. The van der Waals surface area contributed by atoms with Gasteiger partial charge in [-0.05, 0) is 17.7 Å². The monoisotopic (exact) mass is 385 g/mol. The number of halogens is 6. The van der Waals surface area contributed by atoms with Gasteiger partial charge in [0.2, 0.25) is 0 Å². The van der Waals surface area contributed by atoms with Crippen LogP contribution in [0.3, 0.4) is 0 Å². The fraction of sp³-hybridized carbons (Fsp3) is 0.231. The third-order valence-electron chi connectivity index (χ3n) is 2.75. The summed E-state index contributed by atoms with van der Waals surface area (Å²) in [5.41, 5.74) is -0.840. The minimum Gasteiger partial charge on any atom is -0.391 e. The van der Waals surface area contributed by atoms with Gasteiger partial charge in [-0.1, -0.05) is 46.0 Å². The molecule has 0 amide bonds. The molecule has 0 saturated carbocycles. The fourth-order valence-electron chi connectivity index (χ4n) is 1.67. The highest BCUT2D eigenvalue weighted by Gasteiger charge is 2.38. The van der Waals surface area contributed by atoms with E-state index >= 15 is 0 Å². The Hall–Kier alpha value is -1.44. The van der Waals surface area contributed by atoms with Gasteiger partial charge in [-0.15, -0.1) is 0 Å². The first-order chi connectivity index (χ1) is 10.7. The van der Waals surface area contributed by atoms with Crippen LogP contribution in [-0.2, 0) is 24.7 Å². The predicted molar refractivity (Wildman–Crippen MR) is 82.1 cm³/mol. The van der Waals surface area contributed by atoms with E-state index in [0.29, 0.717) is 15.6 Å². The van der Waals surface area contributed by atoms with Gasteiger partial charge in [0.25, 0.3) is 0 Å². The lowest BCUT2D eigenvalue weighted by molar-refractivity contribution is -0.141. The van der Waals surface area contributed by atoms with Crippen LogP contribution in [0, 0.1) is 0 Å². The number of alkyl halides is 3. The number of benzene rings is 1. The third kappa shape index (κ3) is 4.31. The summed E-state index contributed by atoms with van der Waals surface area (Å²) < 4.78 is 39.4. The second-order valence-corrected chi connectivity index (χ2v) is 5.60. The summed E-state index contributed by atoms with van der Waals surface area (Å²) in [6.07, 6.45) is -3.77. The minimum atomic E-state index is -4.64. The van der Waals surface area contributed by atoms with Crippen LogP contribution < -0.4 is 0 Å². The molecule has 10 heteroatoms. The number of aryl methyl sites for hydroxylation is 1. The van der Waals surface area contributed by atoms with Crippen molar-refractivity contribution in [1.82, 2.24) is 9.78 Å². The number of nitrogens with zero attached hydrogens (tertiary/aromatic N) is 3. The molecule has 4 nitrogen and oxygen atoms in total. The molecule has 0 aliphatic carbocycles. The Balaban J connectivity index is 2.10. The SMILES string of the molecule is Cn1nc(C(F)(F)F)c(/C=N/OCc2ccc(Cl)c(Cl)c2)c1Cl. The molecule has 0 atom stereocenters. The highest BCUT2D eigenvalue weighted by molar-refractivity contribution is 6.42. The Labute approximate surface area is 144 Å². The van der Waals surface area contributed by atoms with Gasteiger partial charge >= 0.3 is 6.18 Å². The molecule has 0 saturated heterocycles. The van der Waals surface area contributed by atoms with Crippen LogP contribution in [0.25, 0.3) is 0 Å². The molecule has 1 aromatic heterocycles. The Morgan fingerprint density at radius 1 is 1.26 bits per heavy atom.